The van der Waals surface area contributed by atoms with Crippen LogP contribution >= 0.6 is 0 Å². The van der Waals surface area contributed by atoms with Crippen molar-refractivity contribution in [2.24, 2.45) is 0 Å². The fourth-order valence-corrected chi connectivity index (χ4v) is 2.18. The molecule has 0 bridgehead atoms. The van der Waals surface area contributed by atoms with E-state index in [4.69, 9.17) is 15.2 Å². The lowest BCUT2D eigenvalue weighted by molar-refractivity contribution is 0.356. The maximum absolute atomic E-state index is 5.43. The first-order valence-corrected chi connectivity index (χ1v) is 10.3. The average Bonchev–Trinajstić information content (AvgIpc) is 2.79. The summed E-state index contributed by atoms with van der Waals surface area (Å²) in [7, 11) is 3.26. The predicted molar refractivity (Wildman–Crippen MR) is 129 cm³/mol. The Morgan fingerprint density at radius 2 is 1.21 bits per heavy atom. The van der Waals surface area contributed by atoms with Crippen LogP contribution in [-0.2, 0) is 0 Å². The molecule has 0 spiro atoms. The summed E-state index contributed by atoms with van der Waals surface area (Å²) in [6, 6.07) is 13.6. The van der Waals surface area contributed by atoms with Crippen molar-refractivity contribution in [1.82, 2.24) is 4.98 Å². The molecule has 1 heterocycles. The van der Waals surface area contributed by atoms with Crippen molar-refractivity contribution in [1.29, 1.82) is 0 Å². The molecule has 3 rings (SSSR count). The van der Waals surface area contributed by atoms with Crippen LogP contribution in [0.2, 0.25) is 0 Å². The zero-order chi connectivity index (χ0) is 22.8. The SMILES string of the molecule is CC.CC.CC.COc1cc2nccc(C)c2cc1OC.Cc1ccc(N)cc1. The van der Waals surface area contributed by atoms with Gasteiger partial charge in [-0.2, -0.15) is 0 Å². The van der Waals surface area contributed by atoms with Crippen LogP contribution in [0.4, 0.5) is 5.69 Å². The molecule has 0 amide bonds. The largest absolute Gasteiger partial charge is 0.493 e. The maximum Gasteiger partial charge on any atom is 0.162 e. The molecule has 0 atom stereocenters. The van der Waals surface area contributed by atoms with Crippen molar-refractivity contribution < 1.29 is 9.47 Å². The Balaban J connectivity index is 0. The summed E-state index contributed by atoms with van der Waals surface area (Å²) in [5, 5.41) is 1.09. The number of aryl methyl sites for hydroxylation is 2. The average molecular weight is 401 g/mol. The zero-order valence-electron chi connectivity index (χ0n) is 20.0. The highest BCUT2D eigenvalue weighted by Crippen LogP contribution is 2.32. The van der Waals surface area contributed by atoms with Crippen LogP contribution in [0.3, 0.4) is 0 Å². The second-order valence-electron chi connectivity index (χ2n) is 5.26. The Morgan fingerprint density at radius 3 is 1.66 bits per heavy atom. The zero-order valence-corrected chi connectivity index (χ0v) is 20.0. The standard InChI is InChI=1S/C12H13NO2.C7H9N.3C2H6/c1-8-4-5-13-10-7-12(15-3)11(14-2)6-9(8)10;1-6-2-4-7(8)5-3-6;3*1-2/h4-7H,1-3H3;2-5H,8H2,1H3;3*1-2H3. The summed E-state index contributed by atoms with van der Waals surface area (Å²) >= 11 is 0. The van der Waals surface area contributed by atoms with Gasteiger partial charge in [0.2, 0.25) is 0 Å². The van der Waals surface area contributed by atoms with Gasteiger partial charge in [-0.1, -0.05) is 59.2 Å². The van der Waals surface area contributed by atoms with Gasteiger partial charge in [0.25, 0.3) is 0 Å². The summed E-state index contributed by atoms with van der Waals surface area (Å²) in [5.41, 5.74) is 9.61. The molecule has 29 heavy (non-hydrogen) atoms. The topological polar surface area (TPSA) is 57.4 Å². The number of nitrogens with two attached hydrogens (primary N) is 1. The quantitative estimate of drug-likeness (QED) is 0.461. The van der Waals surface area contributed by atoms with Gasteiger partial charge < -0.3 is 15.2 Å². The Labute approximate surface area is 178 Å². The van der Waals surface area contributed by atoms with Crippen molar-refractivity contribution in [3.05, 3.63) is 59.8 Å². The lowest BCUT2D eigenvalue weighted by Gasteiger charge is -2.09. The Bertz CT molecular complexity index is 764. The van der Waals surface area contributed by atoms with Gasteiger partial charge in [0, 0.05) is 23.3 Å². The third-order valence-corrected chi connectivity index (χ3v) is 3.54. The number of benzene rings is 2. The smallest absolute Gasteiger partial charge is 0.162 e. The van der Waals surface area contributed by atoms with E-state index < -0.39 is 0 Å². The highest BCUT2D eigenvalue weighted by molar-refractivity contribution is 5.85. The van der Waals surface area contributed by atoms with Crippen LogP contribution in [0.25, 0.3) is 10.9 Å². The molecule has 2 aromatic carbocycles. The van der Waals surface area contributed by atoms with Crippen molar-refractivity contribution in [3.63, 3.8) is 0 Å². The number of aromatic nitrogens is 1. The highest BCUT2D eigenvalue weighted by atomic mass is 16.5. The lowest BCUT2D eigenvalue weighted by atomic mass is 10.1. The van der Waals surface area contributed by atoms with Crippen molar-refractivity contribution in [2.75, 3.05) is 20.0 Å². The summed E-state index contributed by atoms with van der Waals surface area (Å²) in [6.07, 6.45) is 1.80. The van der Waals surface area contributed by atoms with Crippen LogP contribution in [0.1, 0.15) is 52.7 Å². The Hall–Kier alpha value is -2.75. The number of nitrogen functional groups attached to an aromatic ring is 1. The first-order chi connectivity index (χ1) is 14.0. The lowest BCUT2D eigenvalue weighted by Crippen LogP contribution is -1.92. The molecule has 4 nitrogen and oxygen atoms in total. The van der Waals surface area contributed by atoms with E-state index in [9.17, 15) is 0 Å². The van der Waals surface area contributed by atoms with Gasteiger partial charge in [0.1, 0.15) is 0 Å². The van der Waals surface area contributed by atoms with Gasteiger partial charge in [0.15, 0.2) is 11.5 Å². The number of ether oxygens (including phenoxy) is 2. The Morgan fingerprint density at radius 1 is 0.724 bits per heavy atom. The fourth-order valence-electron chi connectivity index (χ4n) is 2.18. The molecule has 162 valence electrons. The number of methoxy groups -OCH3 is 2. The van der Waals surface area contributed by atoms with Gasteiger partial charge in [-0.25, -0.2) is 0 Å². The summed E-state index contributed by atoms with van der Waals surface area (Å²) in [4.78, 5) is 4.29. The van der Waals surface area contributed by atoms with Gasteiger partial charge in [0.05, 0.1) is 19.7 Å². The molecule has 2 N–H and O–H groups in total. The molecule has 0 radical (unpaired) electrons. The van der Waals surface area contributed by atoms with E-state index in [1.807, 2.05) is 90.9 Å². The minimum Gasteiger partial charge on any atom is -0.493 e. The molecule has 0 saturated carbocycles. The van der Waals surface area contributed by atoms with Crippen LogP contribution in [-0.4, -0.2) is 19.2 Å². The first kappa shape index (κ1) is 28.5. The normalized spacial score (nSPS) is 8.48. The number of hydrogen-bond acceptors (Lipinski definition) is 4. The number of pyridine rings is 1. The van der Waals surface area contributed by atoms with Crippen LogP contribution in [0, 0.1) is 13.8 Å². The molecule has 0 aliphatic heterocycles. The van der Waals surface area contributed by atoms with E-state index in [2.05, 4.69) is 11.9 Å². The molecule has 1 aromatic heterocycles. The number of hydrogen-bond donors (Lipinski definition) is 1. The van der Waals surface area contributed by atoms with E-state index in [0.717, 1.165) is 22.3 Å². The van der Waals surface area contributed by atoms with Crippen LogP contribution in [0.15, 0.2) is 48.7 Å². The van der Waals surface area contributed by atoms with Gasteiger partial charge in [-0.05, 0) is 43.7 Å². The van der Waals surface area contributed by atoms with Gasteiger partial charge in [-0.3, -0.25) is 4.98 Å². The third-order valence-electron chi connectivity index (χ3n) is 3.54. The maximum atomic E-state index is 5.43. The van der Waals surface area contributed by atoms with E-state index >= 15 is 0 Å². The summed E-state index contributed by atoms with van der Waals surface area (Å²) in [6.45, 7) is 16.1. The van der Waals surface area contributed by atoms with E-state index in [1.54, 1.807) is 20.4 Å². The number of rotatable bonds is 2. The number of anilines is 1. The molecule has 0 unspecified atom stereocenters. The van der Waals surface area contributed by atoms with Gasteiger partial charge in [-0.15, -0.1) is 0 Å². The molecule has 4 heteroatoms. The minimum absolute atomic E-state index is 0.711. The fraction of sp³-hybridized carbons (Fsp3) is 0.400. The minimum atomic E-state index is 0.711. The van der Waals surface area contributed by atoms with Crippen molar-refractivity contribution in [2.45, 2.75) is 55.4 Å². The predicted octanol–water partition coefficient (Wildman–Crippen LogP) is 7.22. The summed E-state index contributed by atoms with van der Waals surface area (Å²) in [5.74, 6) is 1.45. The third kappa shape index (κ3) is 9.84. The molecular weight excluding hydrogens is 360 g/mol. The second kappa shape index (κ2) is 17.4. The van der Waals surface area contributed by atoms with E-state index in [-0.39, 0.29) is 0 Å². The number of fused-ring (bicyclic) bond motifs is 1. The molecule has 0 aliphatic carbocycles. The van der Waals surface area contributed by atoms with Crippen molar-refractivity contribution in [3.8, 4) is 11.5 Å². The highest BCUT2D eigenvalue weighted by Gasteiger charge is 2.07. The first-order valence-electron chi connectivity index (χ1n) is 10.3. The van der Waals surface area contributed by atoms with Crippen LogP contribution in [0.5, 0.6) is 11.5 Å². The van der Waals surface area contributed by atoms with Crippen molar-refractivity contribution >= 4 is 16.6 Å². The van der Waals surface area contributed by atoms with Crippen LogP contribution < -0.4 is 15.2 Å². The number of nitrogens with zero attached hydrogens (tertiary/aromatic N) is 1. The molecule has 3 aromatic rings. The molecule has 0 aliphatic rings. The second-order valence-corrected chi connectivity index (χ2v) is 5.26. The van der Waals surface area contributed by atoms with E-state index in [1.165, 1.54) is 11.1 Å². The molecule has 0 fully saturated rings. The summed E-state index contributed by atoms with van der Waals surface area (Å²) < 4.78 is 10.5. The Kier molecular flexibility index (Phi) is 17.0. The molecule has 0 saturated heterocycles. The van der Waals surface area contributed by atoms with Gasteiger partial charge >= 0.3 is 0 Å². The van der Waals surface area contributed by atoms with E-state index in [0.29, 0.717) is 5.75 Å². The monoisotopic (exact) mass is 400 g/mol. The molecular formula is C25H40N2O2.